The van der Waals surface area contributed by atoms with E-state index in [0.29, 0.717) is 35.2 Å². The molecule has 0 fully saturated rings. The van der Waals surface area contributed by atoms with E-state index in [-0.39, 0.29) is 11.4 Å². The molecule has 0 bridgehead atoms. The molecule has 1 N–H and O–H groups in total. The Bertz CT molecular complexity index is 1290. The van der Waals surface area contributed by atoms with Crippen LogP contribution in [0.2, 0.25) is 5.02 Å². The van der Waals surface area contributed by atoms with Gasteiger partial charge in [-0.05, 0) is 85.5 Å². The molecule has 3 rings (SSSR count). The maximum absolute atomic E-state index is 13.5. The highest BCUT2D eigenvalue weighted by Crippen LogP contribution is 2.28. The molecule has 0 heterocycles. The highest BCUT2D eigenvalue weighted by atomic mass is 35.5. The molecule has 0 spiro atoms. The third kappa shape index (κ3) is 6.46. The summed E-state index contributed by atoms with van der Waals surface area (Å²) in [5.41, 5.74) is 3.31. The molecule has 0 aliphatic heterocycles. The van der Waals surface area contributed by atoms with Gasteiger partial charge in [-0.15, -0.1) is 0 Å². The number of aryl methyl sites for hydroxylation is 2. The van der Waals surface area contributed by atoms with Crippen LogP contribution < -0.4 is 19.1 Å². The lowest BCUT2D eigenvalue weighted by Gasteiger charge is -2.25. The molecule has 0 atom stereocenters. The van der Waals surface area contributed by atoms with Crippen LogP contribution in [0.5, 0.6) is 11.5 Å². The van der Waals surface area contributed by atoms with Crippen LogP contribution in [0.1, 0.15) is 16.7 Å². The minimum atomic E-state index is -4.01. The van der Waals surface area contributed by atoms with Crippen molar-refractivity contribution >= 4 is 33.2 Å². The third-order valence-corrected chi connectivity index (χ3v) is 7.69. The number of carbonyl (C=O) groups is 1. The monoisotopic (exact) mass is 516 g/mol. The summed E-state index contributed by atoms with van der Waals surface area (Å²) in [6.45, 7) is 3.81. The SMILES string of the molecule is COc1ccc(CCNC(=O)CN(c2ccc(C)c(C)c2)S(=O)(=O)c2ccc(Cl)cc2)cc1OC. The van der Waals surface area contributed by atoms with Crippen LogP contribution >= 0.6 is 11.6 Å². The Morgan fingerprint density at radius 3 is 2.23 bits per heavy atom. The number of rotatable bonds is 10. The molecule has 186 valence electrons. The summed E-state index contributed by atoms with van der Waals surface area (Å²) in [4.78, 5) is 12.9. The van der Waals surface area contributed by atoms with Gasteiger partial charge in [-0.1, -0.05) is 23.7 Å². The number of halogens is 1. The zero-order valence-electron chi connectivity index (χ0n) is 20.2. The predicted octanol–water partition coefficient (Wildman–Crippen LogP) is 4.53. The zero-order chi connectivity index (χ0) is 25.6. The van der Waals surface area contributed by atoms with Gasteiger partial charge in [0.05, 0.1) is 24.8 Å². The average molecular weight is 517 g/mol. The Morgan fingerprint density at radius 1 is 0.914 bits per heavy atom. The van der Waals surface area contributed by atoms with E-state index in [1.54, 1.807) is 32.4 Å². The molecule has 0 aliphatic rings. The first-order valence-electron chi connectivity index (χ1n) is 11.0. The van der Waals surface area contributed by atoms with Gasteiger partial charge in [0.2, 0.25) is 5.91 Å². The van der Waals surface area contributed by atoms with Crippen molar-refractivity contribution in [2.75, 3.05) is 31.6 Å². The second-order valence-electron chi connectivity index (χ2n) is 8.02. The van der Waals surface area contributed by atoms with Gasteiger partial charge in [0.15, 0.2) is 11.5 Å². The summed E-state index contributed by atoms with van der Waals surface area (Å²) >= 11 is 5.94. The summed E-state index contributed by atoms with van der Waals surface area (Å²) in [7, 11) is -0.878. The van der Waals surface area contributed by atoms with Crippen molar-refractivity contribution in [1.82, 2.24) is 5.32 Å². The van der Waals surface area contributed by atoms with E-state index >= 15 is 0 Å². The molecule has 35 heavy (non-hydrogen) atoms. The van der Waals surface area contributed by atoms with Crippen molar-refractivity contribution in [2.45, 2.75) is 25.2 Å². The Labute approximate surface area is 211 Å². The number of amides is 1. The molecule has 0 saturated heterocycles. The summed E-state index contributed by atoms with van der Waals surface area (Å²) < 4.78 is 38.6. The van der Waals surface area contributed by atoms with Crippen molar-refractivity contribution in [2.24, 2.45) is 0 Å². The van der Waals surface area contributed by atoms with E-state index in [4.69, 9.17) is 21.1 Å². The molecule has 9 heteroatoms. The smallest absolute Gasteiger partial charge is 0.264 e. The fourth-order valence-corrected chi connectivity index (χ4v) is 5.04. The second kappa shape index (κ2) is 11.5. The lowest BCUT2D eigenvalue weighted by molar-refractivity contribution is -0.119. The Balaban J connectivity index is 1.78. The summed E-state index contributed by atoms with van der Waals surface area (Å²) in [6, 6.07) is 16.7. The summed E-state index contributed by atoms with van der Waals surface area (Å²) in [5, 5.41) is 3.24. The van der Waals surface area contributed by atoms with Crippen LogP contribution in [-0.2, 0) is 21.2 Å². The maximum atomic E-state index is 13.5. The van der Waals surface area contributed by atoms with Crippen molar-refractivity contribution in [1.29, 1.82) is 0 Å². The van der Waals surface area contributed by atoms with Crippen LogP contribution in [0.4, 0.5) is 5.69 Å². The number of nitrogens with one attached hydrogen (secondary N) is 1. The van der Waals surface area contributed by atoms with Crippen LogP contribution in [0.3, 0.4) is 0 Å². The largest absolute Gasteiger partial charge is 0.493 e. The molecule has 0 radical (unpaired) electrons. The highest BCUT2D eigenvalue weighted by molar-refractivity contribution is 7.92. The third-order valence-electron chi connectivity index (χ3n) is 5.65. The van der Waals surface area contributed by atoms with E-state index < -0.39 is 15.9 Å². The van der Waals surface area contributed by atoms with Gasteiger partial charge in [-0.25, -0.2) is 8.42 Å². The molecule has 0 aliphatic carbocycles. The van der Waals surface area contributed by atoms with Crippen LogP contribution in [0, 0.1) is 13.8 Å². The Morgan fingerprint density at radius 2 is 1.60 bits per heavy atom. The van der Waals surface area contributed by atoms with Crippen LogP contribution in [-0.4, -0.2) is 41.6 Å². The van der Waals surface area contributed by atoms with Gasteiger partial charge < -0.3 is 14.8 Å². The molecule has 3 aromatic carbocycles. The van der Waals surface area contributed by atoms with Crippen molar-refractivity contribution < 1.29 is 22.7 Å². The van der Waals surface area contributed by atoms with Crippen LogP contribution in [0.25, 0.3) is 0 Å². The lowest BCUT2D eigenvalue weighted by atomic mass is 10.1. The average Bonchev–Trinajstić information content (AvgIpc) is 2.84. The normalized spacial score (nSPS) is 11.1. The minimum Gasteiger partial charge on any atom is -0.493 e. The summed E-state index contributed by atoms with van der Waals surface area (Å²) in [6.07, 6.45) is 0.541. The number of hydrogen-bond acceptors (Lipinski definition) is 5. The molecule has 3 aromatic rings. The zero-order valence-corrected chi connectivity index (χ0v) is 21.7. The Hall–Kier alpha value is -3.23. The summed E-state index contributed by atoms with van der Waals surface area (Å²) in [5.74, 6) is 0.810. The number of sulfonamides is 1. The highest BCUT2D eigenvalue weighted by Gasteiger charge is 2.27. The first-order valence-corrected chi connectivity index (χ1v) is 12.8. The van der Waals surface area contributed by atoms with Gasteiger partial charge >= 0.3 is 0 Å². The topological polar surface area (TPSA) is 84.9 Å². The first kappa shape index (κ1) is 26.4. The van der Waals surface area contributed by atoms with E-state index in [1.165, 1.54) is 24.3 Å². The minimum absolute atomic E-state index is 0.0539. The van der Waals surface area contributed by atoms with Gasteiger partial charge in [0, 0.05) is 11.6 Å². The number of methoxy groups -OCH3 is 2. The predicted molar refractivity (Wildman–Crippen MR) is 138 cm³/mol. The lowest BCUT2D eigenvalue weighted by Crippen LogP contribution is -2.41. The second-order valence-corrected chi connectivity index (χ2v) is 10.3. The number of carbonyl (C=O) groups excluding carboxylic acids is 1. The number of hydrogen-bond donors (Lipinski definition) is 1. The van der Waals surface area contributed by atoms with Gasteiger partial charge in [-0.3, -0.25) is 9.10 Å². The molecule has 7 nitrogen and oxygen atoms in total. The molecule has 0 saturated carbocycles. The van der Waals surface area contributed by atoms with E-state index in [1.807, 2.05) is 32.0 Å². The molecular weight excluding hydrogens is 488 g/mol. The quantitative estimate of drug-likeness (QED) is 0.428. The number of nitrogens with zero attached hydrogens (tertiary/aromatic N) is 1. The maximum Gasteiger partial charge on any atom is 0.264 e. The van der Waals surface area contributed by atoms with Gasteiger partial charge in [0.25, 0.3) is 10.0 Å². The molecule has 0 unspecified atom stereocenters. The fraction of sp³-hybridized carbons (Fsp3) is 0.269. The number of benzene rings is 3. The number of ether oxygens (including phenoxy) is 2. The molecular formula is C26H29ClN2O5S. The molecule has 1 amide bonds. The van der Waals surface area contributed by atoms with Crippen molar-refractivity contribution in [3.8, 4) is 11.5 Å². The van der Waals surface area contributed by atoms with Crippen molar-refractivity contribution in [3.63, 3.8) is 0 Å². The standard InChI is InChI=1S/C26H29ClN2O5S/c1-18-5-9-22(15-19(18)2)29(35(31,32)23-10-7-21(27)8-11-23)17-26(30)28-14-13-20-6-12-24(33-3)25(16-20)34-4/h5-12,15-16H,13-14,17H2,1-4H3,(H,28,30). The van der Waals surface area contributed by atoms with E-state index in [9.17, 15) is 13.2 Å². The van der Waals surface area contributed by atoms with Gasteiger partial charge in [0.1, 0.15) is 6.54 Å². The van der Waals surface area contributed by atoms with Crippen molar-refractivity contribution in [3.05, 3.63) is 82.4 Å². The fourth-order valence-electron chi connectivity index (χ4n) is 3.50. The first-order chi connectivity index (χ1) is 16.6. The molecule has 0 aromatic heterocycles. The van der Waals surface area contributed by atoms with E-state index in [0.717, 1.165) is 21.0 Å². The van der Waals surface area contributed by atoms with Gasteiger partial charge in [-0.2, -0.15) is 0 Å². The number of anilines is 1. The van der Waals surface area contributed by atoms with Crippen LogP contribution in [0.15, 0.2) is 65.6 Å². The Kier molecular flexibility index (Phi) is 8.64. The van der Waals surface area contributed by atoms with E-state index in [2.05, 4.69) is 5.32 Å².